The molecule has 0 saturated heterocycles. The van der Waals surface area contributed by atoms with Crippen molar-refractivity contribution in [1.29, 1.82) is 0 Å². The van der Waals surface area contributed by atoms with Crippen LogP contribution < -0.4 is 0 Å². The highest BCUT2D eigenvalue weighted by atomic mass is 19.1. The fourth-order valence-electron chi connectivity index (χ4n) is 3.32. The summed E-state index contributed by atoms with van der Waals surface area (Å²) in [5, 5.41) is 10.4. The summed E-state index contributed by atoms with van der Waals surface area (Å²) < 4.78 is 13.6. The molecule has 0 aromatic heterocycles. The predicted molar refractivity (Wildman–Crippen MR) is 82.8 cm³/mol. The highest BCUT2D eigenvalue weighted by Crippen LogP contribution is 2.37. The molecule has 1 nitrogen and oxygen atoms in total. The standard InChI is InChI=1S/C19H21FO/c1-13-9-10-16(11-18(13)20)19(21)12-15-7-4-6-14-5-2-3-8-17(14)15/h2-3,5,8-11,15,19,21H,4,6-7,12H2,1H3. The molecule has 0 aliphatic heterocycles. The Hall–Kier alpha value is -1.67. The lowest BCUT2D eigenvalue weighted by Gasteiger charge is -2.27. The van der Waals surface area contributed by atoms with Crippen LogP contribution in [0.15, 0.2) is 42.5 Å². The number of aliphatic hydroxyl groups excluding tert-OH is 1. The number of aryl methyl sites for hydroxylation is 2. The highest BCUT2D eigenvalue weighted by Gasteiger charge is 2.23. The van der Waals surface area contributed by atoms with Crippen LogP contribution in [0.2, 0.25) is 0 Å². The van der Waals surface area contributed by atoms with Gasteiger partial charge in [-0.15, -0.1) is 0 Å². The maximum absolute atomic E-state index is 13.6. The summed E-state index contributed by atoms with van der Waals surface area (Å²) in [6.07, 6.45) is 3.46. The highest BCUT2D eigenvalue weighted by molar-refractivity contribution is 5.33. The Bertz CT molecular complexity index is 635. The molecule has 0 radical (unpaired) electrons. The minimum absolute atomic E-state index is 0.240. The number of rotatable bonds is 3. The normalized spacial score (nSPS) is 19.1. The second-order valence-electron chi connectivity index (χ2n) is 6.05. The fourth-order valence-corrected chi connectivity index (χ4v) is 3.32. The number of benzene rings is 2. The van der Waals surface area contributed by atoms with Gasteiger partial charge < -0.3 is 5.11 Å². The molecule has 110 valence electrons. The Morgan fingerprint density at radius 1 is 1.24 bits per heavy atom. The van der Waals surface area contributed by atoms with Gasteiger partial charge in [0.2, 0.25) is 0 Å². The Morgan fingerprint density at radius 3 is 2.86 bits per heavy atom. The van der Waals surface area contributed by atoms with E-state index in [4.69, 9.17) is 0 Å². The average Bonchev–Trinajstić information content (AvgIpc) is 2.50. The first-order chi connectivity index (χ1) is 10.1. The maximum Gasteiger partial charge on any atom is 0.126 e. The number of fused-ring (bicyclic) bond motifs is 1. The van der Waals surface area contributed by atoms with Crippen molar-refractivity contribution in [2.75, 3.05) is 0 Å². The van der Waals surface area contributed by atoms with E-state index in [1.807, 2.05) is 6.07 Å². The number of aliphatic hydroxyl groups is 1. The molecule has 1 aliphatic carbocycles. The minimum atomic E-state index is -0.601. The van der Waals surface area contributed by atoms with Crippen LogP contribution in [0.5, 0.6) is 0 Å². The molecule has 0 amide bonds. The van der Waals surface area contributed by atoms with Gasteiger partial charge in [-0.25, -0.2) is 4.39 Å². The summed E-state index contributed by atoms with van der Waals surface area (Å²) in [6.45, 7) is 1.74. The molecule has 21 heavy (non-hydrogen) atoms. The molecule has 1 N–H and O–H groups in total. The Balaban J connectivity index is 1.79. The summed E-state index contributed by atoms with van der Waals surface area (Å²) in [6, 6.07) is 13.5. The lowest BCUT2D eigenvalue weighted by molar-refractivity contribution is 0.153. The van der Waals surface area contributed by atoms with Crippen molar-refractivity contribution in [3.8, 4) is 0 Å². The van der Waals surface area contributed by atoms with Gasteiger partial charge in [0.15, 0.2) is 0 Å². The zero-order chi connectivity index (χ0) is 14.8. The second-order valence-corrected chi connectivity index (χ2v) is 6.05. The molecule has 0 fully saturated rings. The van der Waals surface area contributed by atoms with Gasteiger partial charge in [0.25, 0.3) is 0 Å². The molecule has 2 unspecified atom stereocenters. The quantitative estimate of drug-likeness (QED) is 0.867. The predicted octanol–water partition coefficient (Wildman–Crippen LogP) is 4.68. The first-order valence-electron chi connectivity index (χ1n) is 7.67. The van der Waals surface area contributed by atoms with Crippen LogP contribution in [-0.2, 0) is 6.42 Å². The first kappa shape index (κ1) is 14.3. The van der Waals surface area contributed by atoms with Crippen LogP contribution in [0, 0.1) is 12.7 Å². The number of hydrogen-bond acceptors (Lipinski definition) is 1. The van der Waals surface area contributed by atoms with Crippen LogP contribution in [0.25, 0.3) is 0 Å². The van der Waals surface area contributed by atoms with E-state index in [1.54, 1.807) is 13.0 Å². The summed E-state index contributed by atoms with van der Waals surface area (Å²) in [4.78, 5) is 0. The molecule has 0 bridgehead atoms. The lowest BCUT2D eigenvalue weighted by atomic mass is 9.79. The number of hydrogen-bond donors (Lipinski definition) is 1. The maximum atomic E-state index is 13.6. The Morgan fingerprint density at radius 2 is 2.05 bits per heavy atom. The van der Waals surface area contributed by atoms with E-state index in [2.05, 4.69) is 24.3 Å². The molecule has 2 atom stereocenters. The van der Waals surface area contributed by atoms with E-state index in [0.29, 0.717) is 23.5 Å². The molecule has 0 heterocycles. The van der Waals surface area contributed by atoms with Crippen molar-refractivity contribution in [1.82, 2.24) is 0 Å². The Kier molecular flexibility index (Phi) is 4.07. The second kappa shape index (κ2) is 5.98. The van der Waals surface area contributed by atoms with Gasteiger partial charge in [-0.05, 0) is 66.8 Å². The van der Waals surface area contributed by atoms with Gasteiger partial charge in [-0.3, -0.25) is 0 Å². The summed E-state index contributed by atoms with van der Waals surface area (Å²) in [5.41, 5.74) is 4.06. The van der Waals surface area contributed by atoms with Crippen molar-refractivity contribution < 1.29 is 9.50 Å². The van der Waals surface area contributed by atoms with Gasteiger partial charge >= 0.3 is 0 Å². The Labute approximate surface area is 125 Å². The largest absolute Gasteiger partial charge is 0.388 e. The fraction of sp³-hybridized carbons (Fsp3) is 0.368. The zero-order valence-electron chi connectivity index (χ0n) is 12.3. The smallest absolute Gasteiger partial charge is 0.126 e. The molecular formula is C19H21FO. The van der Waals surface area contributed by atoms with Crippen molar-refractivity contribution in [3.05, 3.63) is 70.5 Å². The SMILES string of the molecule is Cc1ccc(C(O)CC2CCCc3ccccc32)cc1F. The van der Waals surface area contributed by atoms with Crippen molar-refractivity contribution in [3.63, 3.8) is 0 Å². The van der Waals surface area contributed by atoms with Crippen molar-refractivity contribution in [2.45, 2.75) is 44.6 Å². The lowest BCUT2D eigenvalue weighted by Crippen LogP contribution is -2.13. The molecule has 0 spiro atoms. The van der Waals surface area contributed by atoms with Gasteiger partial charge in [0.05, 0.1) is 6.10 Å². The van der Waals surface area contributed by atoms with Gasteiger partial charge in [-0.1, -0.05) is 36.4 Å². The summed E-state index contributed by atoms with van der Waals surface area (Å²) in [7, 11) is 0. The van der Waals surface area contributed by atoms with E-state index in [1.165, 1.54) is 17.2 Å². The van der Waals surface area contributed by atoms with Gasteiger partial charge in [-0.2, -0.15) is 0 Å². The summed E-state index contributed by atoms with van der Waals surface area (Å²) >= 11 is 0. The zero-order valence-corrected chi connectivity index (χ0v) is 12.3. The van der Waals surface area contributed by atoms with E-state index < -0.39 is 6.10 Å². The van der Waals surface area contributed by atoms with Crippen LogP contribution >= 0.6 is 0 Å². The third kappa shape index (κ3) is 3.01. The third-order valence-electron chi connectivity index (χ3n) is 4.58. The topological polar surface area (TPSA) is 20.2 Å². The first-order valence-corrected chi connectivity index (χ1v) is 7.67. The average molecular weight is 284 g/mol. The number of halogens is 1. The van der Waals surface area contributed by atoms with Crippen LogP contribution in [-0.4, -0.2) is 5.11 Å². The van der Waals surface area contributed by atoms with E-state index in [0.717, 1.165) is 19.3 Å². The van der Waals surface area contributed by atoms with E-state index in [9.17, 15) is 9.50 Å². The molecule has 1 aliphatic rings. The summed E-state index contributed by atoms with van der Waals surface area (Å²) in [5.74, 6) is 0.130. The van der Waals surface area contributed by atoms with Crippen LogP contribution in [0.3, 0.4) is 0 Å². The molecule has 0 saturated carbocycles. The van der Waals surface area contributed by atoms with E-state index >= 15 is 0 Å². The minimum Gasteiger partial charge on any atom is -0.388 e. The molecular weight excluding hydrogens is 263 g/mol. The van der Waals surface area contributed by atoms with Gasteiger partial charge in [0, 0.05) is 0 Å². The van der Waals surface area contributed by atoms with Crippen LogP contribution in [0.4, 0.5) is 4.39 Å². The van der Waals surface area contributed by atoms with Crippen LogP contribution in [0.1, 0.15) is 53.5 Å². The third-order valence-corrected chi connectivity index (χ3v) is 4.58. The molecule has 2 aromatic rings. The van der Waals surface area contributed by atoms with Gasteiger partial charge in [0.1, 0.15) is 5.82 Å². The van der Waals surface area contributed by atoms with Crippen molar-refractivity contribution in [2.24, 2.45) is 0 Å². The monoisotopic (exact) mass is 284 g/mol. The molecule has 3 rings (SSSR count). The van der Waals surface area contributed by atoms with Crippen molar-refractivity contribution >= 4 is 0 Å². The van der Waals surface area contributed by atoms with E-state index in [-0.39, 0.29) is 5.82 Å². The molecule has 2 aromatic carbocycles. The molecule has 2 heteroatoms.